The predicted octanol–water partition coefficient (Wildman–Crippen LogP) is 4.11. The van der Waals surface area contributed by atoms with Gasteiger partial charge in [-0.05, 0) is 30.2 Å². The maximum absolute atomic E-state index is 13.8. The van der Waals surface area contributed by atoms with E-state index in [1.807, 2.05) is 41.2 Å². The van der Waals surface area contributed by atoms with Crippen molar-refractivity contribution in [3.63, 3.8) is 0 Å². The van der Waals surface area contributed by atoms with E-state index in [4.69, 9.17) is 9.84 Å². The minimum absolute atomic E-state index is 0.146. The first-order chi connectivity index (χ1) is 17.7. The van der Waals surface area contributed by atoms with Gasteiger partial charge in [0, 0.05) is 43.8 Å². The fourth-order valence-corrected chi connectivity index (χ4v) is 4.47. The molecule has 4 aromatic rings. The number of amides is 1. The summed E-state index contributed by atoms with van der Waals surface area (Å²) in [5.74, 6) is -0.146. The minimum atomic E-state index is -0.157. The molecule has 36 heavy (non-hydrogen) atoms. The molecule has 1 amide bonds. The Morgan fingerprint density at radius 2 is 1.81 bits per heavy atom. The molecule has 184 valence electrons. The summed E-state index contributed by atoms with van der Waals surface area (Å²) in [6.45, 7) is 6.51. The highest BCUT2D eigenvalue weighted by Gasteiger charge is 2.24. The van der Waals surface area contributed by atoms with Crippen LogP contribution in [0.2, 0.25) is 0 Å². The number of aryl methyl sites for hydroxylation is 1. The quantitative estimate of drug-likeness (QED) is 0.410. The standard InChI is InChI=1S/C29H31N5O2/c1-22-9-11-24(12-10-22)27(21-33-14-16-36-17-15-33)31-29(35)26-20-34(19-23-6-3-2-4-7-23)32-28(26)25-8-5-13-30-18-25/h2-13,18,20,27H,14-17,19,21H2,1H3,(H,31,35)/t27-/m0/s1. The highest BCUT2D eigenvalue weighted by Crippen LogP contribution is 2.24. The van der Waals surface area contributed by atoms with E-state index < -0.39 is 0 Å². The summed E-state index contributed by atoms with van der Waals surface area (Å²) in [5.41, 5.74) is 5.38. The molecule has 5 rings (SSSR count). The summed E-state index contributed by atoms with van der Waals surface area (Å²) >= 11 is 0. The molecule has 1 aliphatic rings. The number of ether oxygens (including phenoxy) is 1. The highest BCUT2D eigenvalue weighted by molar-refractivity contribution is 6.00. The number of benzene rings is 2. The SMILES string of the molecule is Cc1ccc([C@H](CN2CCOCC2)NC(=O)c2cn(Cc3ccccc3)nc2-c2cccnc2)cc1. The van der Waals surface area contributed by atoms with Gasteiger partial charge in [-0.3, -0.25) is 19.4 Å². The summed E-state index contributed by atoms with van der Waals surface area (Å²) in [6, 6.07) is 22.1. The summed E-state index contributed by atoms with van der Waals surface area (Å²) in [6.07, 6.45) is 5.31. The maximum Gasteiger partial charge on any atom is 0.255 e. The van der Waals surface area contributed by atoms with Crippen molar-refractivity contribution in [2.45, 2.75) is 19.5 Å². The van der Waals surface area contributed by atoms with E-state index in [0.717, 1.165) is 36.3 Å². The van der Waals surface area contributed by atoms with Crippen LogP contribution in [-0.2, 0) is 11.3 Å². The molecule has 1 atom stereocenters. The largest absolute Gasteiger partial charge is 0.379 e. The lowest BCUT2D eigenvalue weighted by molar-refractivity contribution is 0.0332. The van der Waals surface area contributed by atoms with E-state index in [1.165, 1.54) is 5.56 Å². The van der Waals surface area contributed by atoms with Gasteiger partial charge in [-0.1, -0.05) is 60.2 Å². The van der Waals surface area contributed by atoms with Crippen LogP contribution in [0.5, 0.6) is 0 Å². The van der Waals surface area contributed by atoms with Gasteiger partial charge in [0.15, 0.2) is 0 Å². The Labute approximate surface area is 211 Å². The lowest BCUT2D eigenvalue weighted by atomic mass is 10.0. The average Bonchev–Trinajstić information content (AvgIpc) is 3.34. The van der Waals surface area contributed by atoms with E-state index in [1.54, 1.807) is 12.4 Å². The van der Waals surface area contributed by atoms with E-state index >= 15 is 0 Å². The molecule has 3 heterocycles. The van der Waals surface area contributed by atoms with Crippen LogP contribution >= 0.6 is 0 Å². The minimum Gasteiger partial charge on any atom is -0.379 e. The molecular weight excluding hydrogens is 450 g/mol. The molecule has 2 aromatic heterocycles. The Morgan fingerprint density at radius 1 is 1.03 bits per heavy atom. The van der Waals surface area contributed by atoms with Gasteiger partial charge >= 0.3 is 0 Å². The zero-order valence-corrected chi connectivity index (χ0v) is 20.5. The molecule has 0 saturated carbocycles. The topological polar surface area (TPSA) is 72.3 Å². The molecule has 0 aliphatic carbocycles. The molecule has 2 aromatic carbocycles. The van der Waals surface area contributed by atoms with Crippen LogP contribution in [0.3, 0.4) is 0 Å². The zero-order valence-electron chi connectivity index (χ0n) is 20.5. The second kappa shape index (κ2) is 11.3. The Kier molecular flexibility index (Phi) is 7.50. The van der Waals surface area contributed by atoms with Crippen LogP contribution < -0.4 is 5.32 Å². The van der Waals surface area contributed by atoms with Crippen molar-refractivity contribution in [1.82, 2.24) is 25.0 Å². The van der Waals surface area contributed by atoms with Crippen molar-refractivity contribution < 1.29 is 9.53 Å². The number of pyridine rings is 1. The monoisotopic (exact) mass is 481 g/mol. The van der Waals surface area contributed by atoms with Gasteiger partial charge in [-0.15, -0.1) is 0 Å². The Hall–Kier alpha value is -3.81. The third-order valence-electron chi connectivity index (χ3n) is 6.46. The summed E-state index contributed by atoms with van der Waals surface area (Å²) in [5, 5.41) is 8.10. The number of nitrogens with one attached hydrogen (secondary N) is 1. The third kappa shape index (κ3) is 5.87. The van der Waals surface area contributed by atoms with Crippen LogP contribution in [-0.4, -0.2) is 58.4 Å². The van der Waals surface area contributed by atoms with E-state index in [0.29, 0.717) is 31.0 Å². The van der Waals surface area contributed by atoms with E-state index in [-0.39, 0.29) is 11.9 Å². The second-order valence-electron chi connectivity index (χ2n) is 9.17. The number of nitrogens with zero attached hydrogens (tertiary/aromatic N) is 4. The molecule has 7 heteroatoms. The molecule has 0 unspecified atom stereocenters. The zero-order chi connectivity index (χ0) is 24.7. The first kappa shape index (κ1) is 23.9. The maximum atomic E-state index is 13.8. The molecular formula is C29H31N5O2. The van der Waals surface area contributed by atoms with Crippen molar-refractivity contribution in [3.8, 4) is 11.3 Å². The fraction of sp³-hybridized carbons (Fsp3) is 0.276. The van der Waals surface area contributed by atoms with Crippen LogP contribution in [0.4, 0.5) is 0 Å². The van der Waals surface area contributed by atoms with Crippen LogP contribution in [0.15, 0.2) is 85.3 Å². The number of hydrogen-bond acceptors (Lipinski definition) is 5. The molecule has 1 fully saturated rings. The van der Waals surface area contributed by atoms with Crippen molar-refractivity contribution in [3.05, 3.63) is 108 Å². The van der Waals surface area contributed by atoms with Crippen LogP contribution in [0, 0.1) is 6.92 Å². The Bertz CT molecular complexity index is 1270. The number of carbonyl (C=O) groups is 1. The van der Waals surface area contributed by atoms with Crippen molar-refractivity contribution in [2.75, 3.05) is 32.8 Å². The predicted molar refractivity (Wildman–Crippen MR) is 140 cm³/mol. The van der Waals surface area contributed by atoms with E-state index in [2.05, 4.69) is 58.5 Å². The van der Waals surface area contributed by atoms with Crippen molar-refractivity contribution in [2.24, 2.45) is 0 Å². The number of morpholine rings is 1. The molecule has 1 N–H and O–H groups in total. The van der Waals surface area contributed by atoms with E-state index in [9.17, 15) is 4.79 Å². The third-order valence-corrected chi connectivity index (χ3v) is 6.46. The average molecular weight is 482 g/mol. The number of carbonyl (C=O) groups excluding carboxylic acids is 1. The number of rotatable bonds is 8. The molecule has 0 spiro atoms. The molecule has 0 radical (unpaired) electrons. The number of hydrogen-bond donors (Lipinski definition) is 1. The molecule has 0 bridgehead atoms. The lowest BCUT2D eigenvalue weighted by Gasteiger charge is -2.31. The van der Waals surface area contributed by atoms with Gasteiger partial charge < -0.3 is 10.1 Å². The van der Waals surface area contributed by atoms with Gasteiger partial charge in [0.25, 0.3) is 5.91 Å². The van der Waals surface area contributed by atoms with Gasteiger partial charge in [-0.25, -0.2) is 0 Å². The van der Waals surface area contributed by atoms with Crippen LogP contribution in [0.1, 0.15) is 33.1 Å². The highest BCUT2D eigenvalue weighted by atomic mass is 16.5. The normalized spacial score (nSPS) is 14.9. The smallest absolute Gasteiger partial charge is 0.255 e. The molecule has 1 saturated heterocycles. The van der Waals surface area contributed by atoms with Gasteiger partial charge in [0.2, 0.25) is 0 Å². The summed E-state index contributed by atoms with van der Waals surface area (Å²) in [4.78, 5) is 20.4. The van der Waals surface area contributed by atoms with Crippen molar-refractivity contribution in [1.29, 1.82) is 0 Å². The van der Waals surface area contributed by atoms with Gasteiger partial charge in [-0.2, -0.15) is 5.10 Å². The van der Waals surface area contributed by atoms with Crippen molar-refractivity contribution >= 4 is 5.91 Å². The summed E-state index contributed by atoms with van der Waals surface area (Å²) < 4.78 is 7.35. The molecule has 1 aliphatic heterocycles. The lowest BCUT2D eigenvalue weighted by Crippen LogP contribution is -2.43. The first-order valence-corrected chi connectivity index (χ1v) is 12.3. The fourth-order valence-electron chi connectivity index (χ4n) is 4.47. The molecule has 7 nitrogen and oxygen atoms in total. The first-order valence-electron chi connectivity index (χ1n) is 12.3. The van der Waals surface area contributed by atoms with Crippen LogP contribution in [0.25, 0.3) is 11.3 Å². The summed E-state index contributed by atoms with van der Waals surface area (Å²) in [7, 11) is 0. The Balaban J connectivity index is 1.44. The Morgan fingerprint density at radius 3 is 2.53 bits per heavy atom. The van der Waals surface area contributed by atoms with Gasteiger partial charge in [0.05, 0.1) is 31.4 Å². The number of aromatic nitrogens is 3. The second-order valence-corrected chi connectivity index (χ2v) is 9.17. The van der Waals surface area contributed by atoms with Gasteiger partial charge in [0.1, 0.15) is 5.69 Å².